The van der Waals surface area contributed by atoms with Gasteiger partial charge in [0.05, 0.1) is 13.7 Å². The Kier molecular flexibility index (Phi) is 7.61. The molecule has 24 heavy (non-hydrogen) atoms. The summed E-state index contributed by atoms with van der Waals surface area (Å²) in [7, 11) is 3.45. The number of methoxy groups -OCH3 is 1. The highest BCUT2D eigenvalue weighted by molar-refractivity contribution is 7.99. The number of aryl methyl sites for hydroxylation is 1. The lowest BCUT2D eigenvalue weighted by Crippen LogP contribution is -2.16. The molecular weight excluding hydrogens is 350 g/mol. The van der Waals surface area contributed by atoms with Crippen molar-refractivity contribution in [1.29, 1.82) is 0 Å². The number of tetrazole rings is 1. The van der Waals surface area contributed by atoms with Crippen molar-refractivity contribution in [2.24, 2.45) is 7.05 Å². The smallest absolute Gasteiger partial charge is 0.209 e. The SMILES string of the molecule is CCOc1c(CNCCCSc2nnnn2C)cc(Cl)cc1OC. The first-order valence-corrected chi connectivity index (χ1v) is 9.07. The average Bonchev–Trinajstić information content (AvgIpc) is 2.97. The number of rotatable bonds is 10. The normalized spacial score (nSPS) is 10.8. The fraction of sp³-hybridized carbons (Fsp3) is 0.533. The minimum Gasteiger partial charge on any atom is -0.493 e. The van der Waals surface area contributed by atoms with E-state index in [-0.39, 0.29) is 0 Å². The highest BCUT2D eigenvalue weighted by Crippen LogP contribution is 2.34. The van der Waals surface area contributed by atoms with Gasteiger partial charge in [-0.25, -0.2) is 4.68 Å². The molecule has 0 spiro atoms. The van der Waals surface area contributed by atoms with Crippen LogP contribution in [0.15, 0.2) is 17.3 Å². The minimum atomic E-state index is 0.577. The number of aromatic nitrogens is 4. The quantitative estimate of drug-likeness (QED) is 0.508. The van der Waals surface area contributed by atoms with Crippen LogP contribution in [0.1, 0.15) is 18.9 Å². The molecule has 2 rings (SSSR count). The van der Waals surface area contributed by atoms with Gasteiger partial charge in [0.15, 0.2) is 11.5 Å². The van der Waals surface area contributed by atoms with Crippen LogP contribution in [-0.2, 0) is 13.6 Å². The zero-order valence-electron chi connectivity index (χ0n) is 14.1. The Bertz CT molecular complexity index is 653. The third kappa shape index (κ3) is 5.25. The average molecular weight is 372 g/mol. The highest BCUT2D eigenvalue weighted by atomic mass is 35.5. The van der Waals surface area contributed by atoms with Crippen LogP contribution in [0.25, 0.3) is 0 Å². The van der Waals surface area contributed by atoms with Gasteiger partial charge in [-0.15, -0.1) is 5.10 Å². The van der Waals surface area contributed by atoms with Gasteiger partial charge in [0, 0.05) is 36.0 Å². The molecule has 0 atom stereocenters. The summed E-state index contributed by atoms with van der Waals surface area (Å²) in [5.41, 5.74) is 0.992. The van der Waals surface area contributed by atoms with Crippen molar-refractivity contribution in [1.82, 2.24) is 25.5 Å². The Morgan fingerprint density at radius 1 is 1.38 bits per heavy atom. The molecule has 1 aromatic heterocycles. The van der Waals surface area contributed by atoms with E-state index in [4.69, 9.17) is 21.1 Å². The lowest BCUT2D eigenvalue weighted by molar-refractivity contribution is 0.307. The van der Waals surface area contributed by atoms with Crippen LogP contribution < -0.4 is 14.8 Å². The molecule has 0 radical (unpaired) electrons. The summed E-state index contributed by atoms with van der Waals surface area (Å²) in [5, 5.41) is 16.2. The third-order valence-corrected chi connectivity index (χ3v) is 4.55. The fourth-order valence-electron chi connectivity index (χ4n) is 2.14. The van der Waals surface area contributed by atoms with E-state index in [1.54, 1.807) is 29.6 Å². The van der Waals surface area contributed by atoms with Gasteiger partial charge < -0.3 is 14.8 Å². The van der Waals surface area contributed by atoms with E-state index < -0.39 is 0 Å². The van der Waals surface area contributed by atoms with Gasteiger partial charge >= 0.3 is 0 Å². The topological polar surface area (TPSA) is 74.1 Å². The van der Waals surface area contributed by atoms with Crippen molar-refractivity contribution in [3.8, 4) is 11.5 Å². The van der Waals surface area contributed by atoms with Crippen molar-refractivity contribution in [3.63, 3.8) is 0 Å². The molecule has 132 valence electrons. The molecule has 0 fully saturated rings. The molecular formula is C15H22ClN5O2S. The minimum absolute atomic E-state index is 0.577. The van der Waals surface area contributed by atoms with Gasteiger partial charge in [-0.05, 0) is 36.4 Å². The maximum absolute atomic E-state index is 6.15. The predicted molar refractivity (Wildman–Crippen MR) is 95.0 cm³/mol. The van der Waals surface area contributed by atoms with Crippen molar-refractivity contribution < 1.29 is 9.47 Å². The second-order valence-corrected chi connectivity index (χ2v) is 6.49. The number of hydrogen-bond donors (Lipinski definition) is 1. The lowest BCUT2D eigenvalue weighted by Gasteiger charge is -2.15. The van der Waals surface area contributed by atoms with E-state index in [0.717, 1.165) is 35.2 Å². The van der Waals surface area contributed by atoms with E-state index in [9.17, 15) is 0 Å². The van der Waals surface area contributed by atoms with Crippen molar-refractivity contribution in [2.75, 3.05) is 26.0 Å². The first-order valence-electron chi connectivity index (χ1n) is 7.70. The van der Waals surface area contributed by atoms with Crippen LogP contribution in [0, 0.1) is 0 Å². The molecule has 0 aliphatic carbocycles. The van der Waals surface area contributed by atoms with Crippen molar-refractivity contribution in [3.05, 3.63) is 22.7 Å². The zero-order valence-corrected chi connectivity index (χ0v) is 15.7. The molecule has 9 heteroatoms. The fourth-order valence-corrected chi connectivity index (χ4v) is 3.16. The molecule has 0 aliphatic rings. The van der Waals surface area contributed by atoms with Crippen molar-refractivity contribution in [2.45, 2.75) is 25.0 Å². The second-order valence-electron chi connectivity index (χ2n) is 4.99. The number of nitrogens with zero attached hydrogens (tertiary/aromatic N) is 4. The van der Waals surface area contributed by atoms with Crippen LogP contribution in [0.2, 0.25) is 5.02 Å². The number of hydrogen-bond acceptors (Lipinski definition) is 7. The van der Waals surface area contributed by atoms with Crippen LogP contribution in [-0.4, -0.2) is 46.2 Å². The molecule has 0 amide bonds. The first-order chi connectivity index (χ1) is 11.7. The maximum Gasteiger partial charge on any atom is 0.209 e. The summed E-state index contributed by atoms with van der Waals surface area (Å²) in [4.78, 5) is 0. The van der Waals surface area contributed by atoms with E-state index in [0.29, 0.717) is 23.9 Å². The van der Waals surface area contributed by atoms with Crippen molar-refractivity contribution >= 4 is 23.4 Å². The molecule has 1 aromatic carbocycles. The summed E-state index contributed by atoms with van der Waals surface area (Å²) < 4.78 is 12.7. The summed E-state index contributed by atoms with van der Waals surface area (Å²) in [6, 6.07) is 3.67. The molecule has 1 heterocycles. The predicted octanol–water partition coefficient (Wildman–Crippen LogP) is 2.54. The van der Waals surface area contributed by atoms with Gasteiger partial charge in [0.25, 0.3) is 0 Å². The number of halogens is 1. The van der Waals surface area contributed by atoms with Gasteiger partial charge in [0.2, 0.25) is 5.16 Å². The Morgan fingerprint density at radius 2 is 2.21 bits per heavy atom. The van der Waals surface area contributed by atoms with Gasteiger partial charge in [-0.2, -0.15) is 0 Å². The number of ether oxygens (including phenoxy) is 2. The third-order valence-electron chi connectivity index (χ3n) is 3.23. The monoisotopic (exact) mass is 371 g/mol. The van der Waals surface area contributed by atoms with E-state index >= 15 is 0 Å². The van der Waals surface area contributed by atoms with E-state index in [2.05, 4.69) is 20.8 Å². The van der Waals surface area contributed by atoms with E-state index in [1.807, 2.05) is 20.0 Å². The Morgan fingerprint density at radius 3 is 2.88 bits per heavy atom. The molecule has 7 nitrogen and oxygen atoms in total. The summed E-state index contributed by atoms with van der Waals surface area (Å²) in [6.45, 7) is 4.07. The van der Waals surface area contributed by atoms with Crippen LogP contribution >= 0.6 is 23.4 Å². The summed E-state index contributed by atoms with van der Waals surface area (Å²) in [6.07, 6.45) is 0.999. The summed E-state index contributed by atoms with van der Waals surface area (Å²) >= 11 is 7.79. The zero-order chi connectivity index (χ0) is 17.4. The Hall–Kier alpha value is -1.51. The van der Waals surface area contributed by atoms with Crippen LogP contribution in [0.4, 0.5) is 0 Å². The Balaban J connectivity index is 1.81. The first kappa shape index (κ1) is 18.8. The number of benzene rings is 1. The maximum atomic E-state index is 6.15. The highest BCUT2D eigenvalue weighted by Gasteiger charge is 2.12. The largest absolute Gasteiger partial charge is 0.493 e. The van der Waals surface area contributed by atoms with E-state index in [1.165, 1.54) is 0 Å². The van der Waals surface area contributed by atoms with Gasteiger partial charge in [-0.1, -0.05) is 23.4 Å². The van der Waals surface area contributed by atoms with Gasteiger partial charge in [0.1, 0.15) is 0 Å². The Labute approximate surface area is 151 Å². The molecule has 1 N–H and O–H groups in total. The second kappa shape index (κ2) is 9.71. The summed E-state index contributed by atoms with van der Waals surface area (Å²) in [5.74, 6) is 2.35. The number of thioether (sulfide) groups is 1. The van der Waals surface area contributed by atoms with Crippen LogP contribution in [0.3, 0.4) is 0 Å². The molecule has 0 saturated carbocycles. The van der Waals surface area contributed by atoms with Crippen LogP contribution in [0.5, 0.6) is 11.5 Å². The molecule has 0 bridgehead atoms. The lowest BCUT2D eigenvalue weighted by atomic mass is 10.1. The standard InChI is InChI=1S/C15H22ClN5O2S/c1-4-23-14-11(8-12(16)9-13(14)22-3)10-17-6-5-7-24-15-18-19-20-21(15)2/h8-9,17H,4-7,10H2,1-3H3. The molecule has 0 unspecified atom stereocenters. The van der Waals surface area contributed by atoms with Gasteiger partial charge in [-0.3, -0.25) is 0 Å². The molecule has 2 aromatic rings. The number of nitrogens with one attached hydrogen (secondary N) is 1. The molecule has 0 aliphatic heterocycles. The molecule has 0 saturated heterocycles.